The predicted molar refractivity (Wildman–Crippen MR) is 422 cm³/mol. The van der Waals surface area contributed by atoms with Gasteiger partial charge < -0.3 is 18.3 Å². The molecule has 0 aliphatic rings. The van der Waals surface area contributed by atoms with Gasteiger partial charge in [-0.1, -0.05) is 267 Å². The molecule has 4 heterocycles. The highest BCUT2D eigenvalue weighted by Gasteiger charge is 2.23. The van der Waals surface area contributed by atoms with Crippen LogP contribution in [0.15, 0.2) is 376 Å². The van der Waals surface area contributed by atoms with Crippen molar-refractivity contribution < 1.29 is 0 Å². The minimum absolute atomic E-state index is 1.11. The van der Waals surface area contributed by atoms with Gasteiger partial charge >= 0.3 is 0 Å². The lowest BCUT2D eigenvalue weighted by Gasteiger charge is -2.15. The van der Waals surface area contributed by atoms with Crippen molar-refractivity contribution in [2.45, 2.75) is 0 Å². The predicted octanol–water partition coefficient (Wildman–Crippen LogP) is 25.7. The van der Waals surface area contributed by atoms with Gasteiger partial charge in [-0.15, -0.1) is 0 Å². The molecule has 0 aliphatic carbocycles. The summed E-state index contributed by atoms with van der Waals surface area (Å²) in [7, 11) is 0. The lowest BCUT2D eigenvalue weighted by atomic mass is 9.96. The first-order valence-corrected chi connectivity index (χ1v) is 34.5. The summed E-state index contributed by atoms with van der Waals surface area (Å²) in [5.74, 6) is 0. The van der Waals surface area contributed by atoms with Crippen LogP contribution in [0.2, 0.25) is 0 Å². The van der Waals surface area contributed by atoms with Gasteiger partial charge in [-0.3, -0.25) is 0 Å². The van der Waals surface area contributed by atoms with Crippen molar-refractivity contribution >= 4 is 87.2 Å². The Kier molecular flexibility index (Phi) is 13.2. The average Bonchev–Trinajstić information content (AvgIpc) is 1.59. The molecular weight excluding hydrogens is 1210 g/mol. The maximum Gasteiger partial charge on any atom is 0.0547 e. The number of nitrogens with zero attached hydrogens (tertiary/aromatic N) is 4. The molecule has 4 aromatic heterocycles. The maximum absolute atomic E-state index is 2.47. The number of para-hydroxylation sites is 6. The Hall–Kier alpha value is -13.3. The molecule has 466 valence electrons. The zero-order valence-corrected chi connectivity index (χ0v) is 54.6. The SMILES string of the molecule is c1ccc(-c2cccc(-n3c4ccc(-c5ccc6c(c5)c5ccccc5n6-c5ccccc5-c5ccccc5)cc4c4ccc(-c5cccc(-c6ccccc6-n6c7ccccc7c7cc(-c8ccc9c(c8)c8ccccc8n9-c8ccccc8-c8ccccc8)ccc76)c5)cc43)c2)cc1. The molecule has 0 saturated heterocycles. The summed E-state index contributed by atoms with van der Waals surface area (Å²) in [6.07, 6.45) is 0. The summed E-state index contributed by atoms with van der Waals surface area (Å²) < 4.78 is 9.83. The van der Waals surface area contributed by atoms with Gasteiger partial charge in [-0.05, 0) is 170 Å². The van der Waals surface area contributed by atoms with Gasteiger partial charge in [0.1, 0.15) is 0 Å². The Morgan fingerprint density at radius 3 is 0.870 bits per heavy atom. The molecule has 20 aromatic rings. The molecule has 0 amide bonds. The largest absolute Gasteiger partial charge is 0.309 e. The molecule has 0 fully saturated rings. The van der Waals surface area contributed by atoms with Crippen LogP contribution < -0.4 is 0 Å². The summed E-state index contributed by atoms with van der Waals surface area (Å²) in [4.78, 5) is 0. The fourth-order valence-electron chi connectivity index (χ4n) is 16.2. The number of fused-ring (bicyclic) bond motifs is 12. The second-order valence-corrected chi connectivity index (χ2v) is 26.3. The maximum atomic E-state index is 2.47. The molecule has 20 rings (SSSR count). The minimum Gasteiger partial charge on any atom is -0.309 e. The van der Waals surface area contributed by atoms with Crippen molar-refractivity contribution in [3.05, 3.63) is 376 Å². The van der Waals surface area contributed by atoms with Crippen LogP contribution in [0.5, 0.6) is 0 Å². The summed E-state index contributed by atoms with van der Waals surface area (Å²) in [5, 5.41) is 9.75. The second kappa shape index (κ2) is 23.2. The third-order valence-corrected chi connectivity index (χ3v) is 20.8. The molecule has 0 unspecified atom stereocenters. The minimum atomic E-state index is 1.11. The Bertz CT molecular complexity index is 6640. The first-order valence-electron chi connectivity index (χ1n) is 34.5. The summed E-state index contributed by atoms with van der Waals surface area (Å²) in [6, 6.07) is 139. The number of benzene rings is 16. The van der Waals surface area contributed by atoms with Crippen LogP contribution >= 0.6 is 0 Å². The van der Waals surface area contributed by atoms with E-state index in [0.29, 0.717) is 0 Å². The van der Waals surface area contributed by atoms with Crippen LogP contribution in [0.4, 0.5) is 0 Å². The van der Waals surface area contributed by atoms with Crippen molar-refractivity contribution in [1.29, 1.82) is 0 Å². The van der Waals surface area contributed by atoms with Crippen LogP contribution in [0, 0.1) is 0 Å². The van der Waals surface area contributed by atoms with E-state index in [-0.39, 0.29) is 0 Å². The van der Waals surface area contributed by atoms with Crippen molar-refractivity contribution in [2.24, 2.45) is 0 Å². The lowest BCUT2D eigenvalue weighted by Crippen LogP contribution is -1.97. The second-order valence-electron chi connectivity index (χ2n) is 26.3. The van der Waals surface area contributed by atoms with Gasteiger partial charge in [0.15, 0.2) is 0 Å². The van der Waals surface area contributed by atoms with E-state index < -0.39 is 0 Å². The molecule has 100 heavy (non-hydrogen) atoms. The van der Waals surface area contributed by atoms with E-state index in [4.69, 9.17) is 0 Å². The topological polar surface area (TPSA) is 19.7 Å². The fraction of sp³-hybridized carbons (Fsp3) is 0. The Labute approximate surface area is 578 Å². The molecule has 4 nitrogen and oxygen atoms in total. The van der Waals surface area contributed by atoms with Crippen LogP contribution in [-0.2, 0) is 0 Å². The van der Waals surface area contributed by atoms with Gasteiger partial charge in [0.2, 0.25) is 0 Å². The van der Waals surface area contributed by atoms with E-state index in [1.807, 2.05) is 0 Å². The van der Waals surface area contributed by atoms with Crippen LogP contribution in [0.25, 0.3) is 188 Å². The highest BCUT2D eigenvalue weighted by atomic mass is 15.0. The zero-order chi connectivity index (χ0) is 65.8. The van der Waals surface area contributed by atoms with E-state index >= 15 is 0 Å². The molecule has 4 heteroatoms. The van der Waals surface area contributed by atoms with E-state index in [9.17, 15) is 0 Å². The molecule has 0 aliphatic heterocycles. The highest BCUT2D eigenvalue weighted by Crippen LogP contribution is 2.45. The molecule has 0 bridgehead atoms. The van der Waals surface area contributed by atoms with E-state index in [2.05, 4.69) is 394 Å². The normalized spacial score (nSPS) is 11.8. The molecular formula is C96H62N4. The number of hydrogen-bond acceptors (Lipinski definition) is 0. The molecule has 0 saturated carbocycles. The van der Waals surface area contributed by atoms with E-state index in [1.54, 1.807) is 0 Å². The standard InChI is InChI=1S/C96H62N4/c1-4-24-63(25-5-1)67-31-23-33-74(57-67)97-92-52-47-68(69-48-53-93-82(58-69)78-37-13-19-43-89(78)98(93)86-40-16-10-34-75(86)64-26-6-2-7-27-64)61-85(92)81-51-46-72(62-96(81)97)66-30-22-32-73(56-66)77-36-12-18-42-88(77)100-91-45-21-15-39-80(91)84-60-71(50-55-95(84)100)70-49-54-94-83(59-70)79-38-14-20-44-90(79)99(94)87-41-17-11-35-76(87)65-28-8-3-9-29-65/h1-62H. The smallest absolute Gasteiger partial charge is 0.0547 e. The molecule has 0 N–H and O–H groups in total. The molecule has 16 aromatic carbocycles. The molecule has 0 spiro atoms. The number of rotatable bonds is 11. The van der Waals surface area contributed by atoms with Gasteiger partial charge in [0.25, 0.3) is 0 Å². The van der Waals surface area contributed by atoms with Crippen molar-refractivity contribution in [3.8, 4) is 101 Å². The first kappa shape index (κ1) is 57.0. The van der Waals surface area contributed by atoms with Crippen LogP contribution in [-0.4, -0.2) is 18.3 Å². The zero-order valence-electron chi connectivity index (χ0n) is 54.6. The van der Waals surface area contributed by atoms with E-state index in [0.717, 1.165) is 55.9 Å². The monoisotopic (exact) mass is 1270 g/mol. The Balaban J connectivity index is 0.689. The van der Waals surface area contributed by atoms with Crippen molar-refractivity contribution in [3.63, 3.8) is 0 Å². The molecule has 0 atom stereocenters. The lowest BCUT2D eigenvalue weighted by molar-refractivity contribution is 1.18. The van der Waals surface area contributed by atoms with Gasteiger partial charge in [0, 0.05) is 65.5 Å². The van der Waals surface area contributed by atoms with Crippen LogP contribution in [0.1, 0.15) is 0 Å². The number of hydrogen-bond donors (Lipinski definition) is 0. The van der Waals surface area contributed by atoms with Crippen molar-refractivity contribution in [1.82, 2.24) is 18.3 Å². The third kappa shape index (κ3) is 9.22. The quantitative estimate of drug-likeness (QED) is 0.123. The Morgan fingerprint density at radius 1 is 0.130 bits per heavy atom. The summed E-state index contributed by atoms with van der Waals surface area (Å²) >= 11 is 0. The first-order chi connectivity index (χ1) is 49.6. The molecule has 0 radical (unpaired) electrons. The van der Waals surface area contributed by atoms with Crippen LogP contribution in [0.3, 0.4) is 0 Å². The third-order valence-electron chi connectivity index (χ3n) is 20.8. The van der Waals surface area contributed by atoms with Gasteiger partial charge in [0.05, 0.1) is 61.2 Å². The Morgan fingerprint density at radius 2 is 0.420 bits per heavy atom. The summed E-state index contributed by atoms with van der Waals surface area (Å²) in [6.45, 7) is 0. The van der Waals surface area contributed by atoms with Gasteiger partial charge in [-0.2, -0.15) is 0 Å². The average molecular weight is 1270 g/mol. The highest BCUT2D eigenvalue weighted by molar-refractivity contribution is 6.16. The van der Waals surface area contributed by atoms with Gasteiger partial charge in [-0.25, -0.2) is 0 Å². The number of aromatic nitrogens is 4. The fourth-order valence-corrected chi connectivity index (χ4v) is 16.2. The van der Waals surface area contributed by atoms with E-state index in [1.165, 1.54) is 132 Å². The van der Waals surface area contributed by atoms with Crippen molar-refractivity contribution in [2.75, 3.05) is 0 Å². The summed E-state index contributed by atoms with van der Waals surface area (Å²) in [5.41, 5.74) is 30.4.